The number of fused-ring (bicyclic) bond motifs is 1. The minimum Gasteiger partial charge on any atom is -0.397 e. The number of hydrogen-bond donors (Lipinski definition) is 1. The number of nitrogen functional groups attached to an aromatic ring is 1. The van der Waals surface area contributed by atoms with E-state index in [-0.39, 0.29) is 4.90 Å². The fraction of sp³-hybridized carbons (Fsp3) is 0.143. The van der Waals surface area contributed by atoms with E-state index in [0.29, 0.717) is 22.7 Å². The summed E-state index contributed by atoms with van der Waals surface area (Å²) in [5.41, 5.74) is 8.36. The van der Waals surface area contributed by atoms with Crippen molar-refractivity contribution in [1.29, 1.82) is 0 Å². The standard InChI is InChI=1S/C14H14N4O2S/c1-18-13-6-4-10(21(2,19)20)7-12(13)17-14(18)11-5-3-9(15)8-16-11/h3-8H,15H2,1-2H3. The van der Waals surface area contributed by atoms with Crippen molar-refractivity contribution in [3.8, 4) is 11.5 Å². The number of rotatable bonds is 2. The molecule has 0 saturated carbocycles. The van der Waals surface area contributed by atoms with E-state index >= 15 is 0 Å². The highest BCUT2D eigenvalue weighted by Gasteiger charge is 2.14. The molecule has 0 aliphatic heterocycles. The van der Waals surface area contributed by atoms with Gasteiger partial charge >= 0.3 is 0 Å². The molecule has 2 heterocycles. The maximum Gasteiger partial charge on any atom is 0.175 e. The van der Waals surface area contributed by atoms with Gasteiger partial charge in [0, 0.05) is 13.3 Å². The molecule has 7 heteroatoms. The zero-order chi connectivity index (χ0) is 15.2. The zero-order valence-corrected chi connectivity index (χ0v) is 12.4. The number of aromatic nitrogens is 3. The van der Waals surface area contributed by atoms with Gasteiger partial charge in [-0.3, -0.25) is 4.98 Å². The van der Waals surface area contributed by atoms with Crippen LogP contribution in [0.2, 0.25) is 0 Å². The minimum atomic E-state index is -3.25. The number of hydrogen-bond acceptors (Lipinski definition) is 5. The highest BCUT2D eigenvalue weighted by atomic mass is 32.2. The molecular formula is C14H14N4O2S. The van der Waals surface area contributed by atoms with E-state index in [0.717, 1.165) is 5.52 Å². The lowest BCUT2D eigenvalue weighted by Crippen LogP contribution is -1.97. The second-order valence-electron chi connectivity index (χ2n) is 4.89. The van der Waals surface area contributed by atoms with Gasteiger partial charge in [-0.1, -0.05) is 0 Å². The molecule has 0 radical (unpaired) electrons. The van der Waals surface area contributed by atoms with Crippen molar-refractivity contribution >= 4 is 26.6 Å². The molecule has 0 fully saturated rings. The van der Waals surface area contributed by atoms with Crippen molar-refractivity contribution in [1.82, 2.24) is 14.5 Å². The van der Waals surface area contributed by atoms with Crippen LogP contribution in [0, 0.1) is 0 Å². The smallest absolute Gasteiger partial charge is 0.175 e. The van der Waals surface area contributed by atoms with Crippen LogP contribution >= 0.6 is 0 Å². The Hall–Kier alpha value is -2.41. The lowest BCUT2D eigenvalue weighted by Gasteiger charge is -2.02. The Morgan fingerprint density at radius 2 is 1.95 bits per heavy atom. The maximum atomic E-state index is 11.6. The Bertz CT molecular complexity index is 928. The molecule has 1 aromatic carbocycles. The van der Waals surface area contributed by atoms with E-state index < -0.39 is 9.84 Å². The predicted octanol–water partition coefficient (Wildman–Crippen LogP) is 1.62. The number of aryl methyl sites for hydroxylation is 1. The lowest BCUT2D eigenvalue weighted by atomic mass is 10.3. The van der Waals surface area contributed by atoms with Gasteiger partial charge in [0.05, 0.1) is 27.8 Å². The molecule has 0 spiro atoms. The molecule has 0 aliphatic rings. The third-order valence-corrected chi connectivity index (χ3v) is 4.41. The van der Waals surface area contributed by atoms with E-state index in [4.69, 9.17) is 5.73 Å². The Labute approximate surface area is 122 Å². The normalized spacial score (nSPS) is 11.9. The molecule has 0 bridgehead atoms. The Morgan fingerprint density at radius 3 is 2.57 bits per heavy atom. The molecule has 0 aliphatic carbocycles. The van der Waals surface area contributed by atoms with Crippen LogP contribution in [0.25, 0.3) is 22.6 Å². The largest absolute Gasteiger partial charge is 0.397 e. The van der Waals surface area contributed by atoms with Crippen LogP contribution < -0.4 is 5.73 Å². The molecule has 2 N–H and O–H groups in total. The van der Waals surface area contributed by atoms with Crippen molar-refractivity contribution in [3.05, 3.63) is 36.5 Å². The van der Waals surface area contributed by atoms with Crippen LogP contribution in [0.4, 0.5) is 5.69 Å². The summed E-state index contributed by atoms with van der Waals surface area (Å²) in [5.74, 6) is 0.663. The monoisotopic (exact) mass is 302 g/mol. The highest BCUT2D eigenvalue weighted by Crippen LogP contribution is 2.24. The van der Waals surface area contributed by atoms with E-state index in [1.165, 1.54) is 6.26 Å². The van der Waals surface area contributed by atoms with Crippen molar-refractivity contribution in [2.75, 3.05) is 12.0 Å². The predicted molar refractivity (Wildman–Crippen MR) is 81.5 cm³/mol. The molecule has 2 aromatic heterocycles. The van der Waals surface area contributed by atoms with Crippen LogP contribution in [0.1, 0.15) is 0 Å². The molecule has 0 saturated heterocycles. The van der Waals surface area contributed by atoms with E-state index in [9.17, 15) is 8.42 Å². The number of nitrogens with zero attached hydrogens (tertiary/aromatic N) is 3. The fourth-order valence-electron chi connectivity index (χ4n) is 2.18. The number of benzene rings is 1. The number of pyridine rings is 1. The third-order valence-electron chi connectivity index (χ3n) is 3.30. The second kappa shape index (κ2) is 4.56. The van der Waals surface area contributed by atoms with Crippen LogP contribution in [0.5, 0.6) is 0 Å². The molecule has 108 valence electrons. The van der Waals surface area contributed by atoms with Gasteiger partial charge in [-0.25, -0.2) is 13.4 Å². The number of anilines is 1. The summed E-state index contributed by atoms with van der Waals surface area (Å²) >= 11 is 0. The summed E-state index contributed by atoms with van der Waals surface area (Å²) in [7, 11) is -1.39. The van der Waals surface area contributed by atoms with E-state index in [1.54, 1.807) is 36.5 Å². The summed E-state index contributed by atoms with van der Waals surface area (Å²) < 4.78 is 25.1. The van der Waals surface area contributed by atoms with Gasteiger partial charge in [0.1, 0.15) is 5.69 Å². The van der Waals surface area contributed by atoms with Gasteiger partial charge in [-0.05, 0) is 30.3 Å². The average molecular weight is 302 g/mol. The van der Waals surface area contributed by atoms with Crippen molar-refractivity contribution in [2.45, 2.75) is 4.90 Å². The summed E-state index contributed by atoms with van der Waals surface area (Å²) in [6.45, 7) is 0. The van der Waals surface area contributed by atoms with Gasteiger partial charge in [0.25, 0.3) is 0 Å². The molecule has 3 rings (SSSR count). The Kier molecular flexibility index (Phi) is 2.94. The average Bonchev–Trinajstić information content (AvgIpc) is 2.76. The van der Waals surface area contributed by atoms with Crippen LogP contribution in [0.15, 0.2) is 41.4 Å². The molecular weight excluding hydrogens is 288 g/mol. The summed E-state index contributed by atoms with van der Waals surface area (Å²) in [6, 6.07) is 8.45. The lowest BCUT2D eigenvalue weighted by molar-refractivity contribution is 0.602. The van der Waals surface area contributed by atoms with Crippen molar-refractivity contribution < 1.29 is 8.42 Å². The molecule has 0 amide bonds. The van der Waals surface area contributed by atoms with Gasteiger partial charge in [0.15, 0.2) is 15.7 Å². The van der Waals surface area contributed by atoms with Gasteiger partial charge in [0.2, 0.25) is 0 Å². The number of imidazole rings is 1. The van der Waals surface area contributed by atoms with Crippen molar-refractivity contribution in [2.24, 2.45) is 7.05 Å². The molecule has 6 nitrogen and oxygen atoms in total. The molecule has 0 atom stereocenters. The minimum absolute atomic E-state index is 0.255. The second-order valence-corrected chi connectivity index (χ2v) is 6.91. The Morgan fingerprint density at radius 1 is 1.19 bits per heavy atom. The maximum absolute atomic E-state index is 11.6. The summed E-state index contributed by atoms with van der Waals surface area (Å²) in [5, 5.41) is 0. The van der Waals surface area contributed by atoms with Crippen LogP contribution in [-0.2, 0) is 16.9 Å². The first-order valence-electron chi connectivity index (χ1n) is 6.25. The van der Waals surface area contributed by atoms with Gasteiger partial charge < -0.3 is 10.3 Å². The molecule has 0 unspecified atom stereocenters. The Balaban J connectivity index is 2.22. The zero-order valence-electron chi connectivity index (χ0n) is 11.6. The first-order chi connectivity index (χ1) is 9.86. The molecule has 21 heavy (non-hydrogen) atoms. The first kappa shape index (κ1) is 13.6. The van der Waals surface area contributed by atoms with E-state index in [1.807, 2.05) is 11.6 Å². The quantitative estimate of drug-likeness (QED) is 0.776. The summed E-state index contributed by atoms with van der Waals surface area (Å²) in [4.78, 5) is 8.99. The van der Waals surface area contributed by atoms with E-state index in [2.05, 4.69) is 9.97 Å². The number of nitrogens with two attached hydrogens (primary N) is 1. The topological polar surface area (TPSA) is 90.9 Å². The van der Waals surface area contributed by atoms with Gasteiger partial charge in [-0.2, -0.15) is 0 Å². The van der Waals surface area contributed by atoms with Crippen LogP contribution in [0.3, 0.4) is 0 Å². The molecule has 3 aromatic rings. The number of sulfone groups is 1. The van der Waals surface area contributed by atoms with Gasteiger partial charge in [-0.15, -0.1) is 0 Å². The summed E-state index contributed by atoms with van der Waals surface area (Å²) in [6.07, 6.45) is 2.75. The first-order valence-corrected chi connectivity index (χ1v) is 8.14. The van der Waals surface area contributed by atoms with Crippen LogP contribution in [-0.4, -0.2) is 29.2 Å². The highest BCUT2D eigenvalue weighted by molar-refractivity contribution is 7.90. The SMILES string of the molecule is Cn1c(-c2ccc(N)cn2)nc2cc(S(C)(=O)=O)ccc21. The third kappa shape index (κ3) is 2.36. The van der Waals surface area contributed by atoms with Crippen molar-refractivity contribution in [3.63, 3.8) is 0 Å². The fourth-order valence-corrected chi connectivity index (χ4v) is 2.82.